The molecule has 21 heavy (non-hydrogen) atoms. The highest BCUT2D eigenvalue weighted by Crippen LogP contribution is 2.20. The molecule has 1 saturated heterocycles. The lowest BCUT2D eigenvalue weighted by Crippen LogP contribution is -2.28. The number of piperidine rings is 1. The number of nitrogens with zero attached hydrogens (tertiary/aromatic N) is 2. The zero-order valence-electron chi connectivity index (χ0n) is 12.4. The molecule has 0 unspecified atom stereocenters. The van der Waals surface area contributed by atoms with E-state index in [1.165, 1.54) is 12.8 Å². The fourth-order valence-electron chi connectivity index (χ4n) is 2.94. The van der Waals surface area contributed by atoms with Gasteiger partial charge in [0.15, 0.2) is 0 Å². The summed E-state index contributed by atoms with van der Waals surface area (Å²) in [6.07, 6.45) is 5.75. The van der Waals surface area contributed by atoms with Gasteiger partial charge in [0.1, 0.15) is 0 Å². The molecule has 1 aromatic heterocycles. The molecular weight excluding hydrogens is 264 g/mol. The number of nitrogens with one attached hydrogen (secondary N) is 2. The van der Waals surface area contributed by atoms with Crippen molar-refractivity contribution in [3.8, 4) is 0 Å². The number of hydrogen-bond donors (Lipinski definition) is 2. The number of carbonyl (C=O) groups is 1. The summed E-state index contributed by atoms with van der Waals surface area (Å²) in [7, 11) is 1.96. The minimum atomic E-state index is 0.101. The Hall–Kier alpha value is -1.88. The van der Waals surface area contributed by atoms with Crippen molar-refractivity contribution in [3.05, 3.63) is 24.5 Å². The second kappa shape index (κ2) is 6.26. The Morgan fingerprint density at radius 2 is 2.24 bits per heavy atom. The zero-order chi connectivity index (χ0) is 14.7. The largest absolute Gasteiger partial charge is 0.334 e. The van der Waals surface area contributed by atoms with Crippen molar-refractivity contribution >= 4 is 22.6 Å². The number of hydrogen-bond acceptors (Lipinski definition) is 3. The summed E-state index contributed by atoms with van der Waals surface area (Å²) < 4.78 is 1.97. The molecule has 2 aromatic rings. The molecule has 1 aliphatic rings. The van der Waals surface area contributed by atoms with Crippen molar-refractivity contribution in [2.24, 2.45) is 13.0 Å². The molecule has 0 bridgehead atoms. The van der Waals surface area contributed by atoms with Crippen LogP contribution in [0.3, 0.4) is 0 Å². The monoisotopic (exact) mass is 286 g/mol. The van der Waals surface area contributed by atoms with Gasteiger partial charge in [0, 0.05) is 19.2 Å². The molecule has 5 nitrogen and oxygen atoms in total. The lowest BCUT2D eigenvalue weighted by Gasteiger charge is -2.22. The standard InChI is InChI=1S/C16H22N4O/c1-20-11-18-14-10-13(3-4-15(14)20)19-16(21)5-2-12-6-8-17-9-7-12/h3-4,10-12,17H,2,5-9H2,1H3,(H,19,21). The molecule has 1 aliphatic heterocycles. The number of amides is 1. The molecule has 2 N–H and O–H groups in total. The highest BCUT2D eigenvalue weighted by Gasteiger charge is 2.14. The van der Waals surface area contributed by atoms with Crippen LogP contribution in [0.15, 0.2) is 24.5 Å². The molecule has 2 heterocycles. The number of aromatic nitrogens is 2. The molecule has 0 atom stereocenters. The first-order valence-corrected chi connectivity index (χ1v) is 7.64. The molecular formula is C16H22N4O. The van der Waals surface area contributed by atoms with Crippen LogP contribution in [0.2, 0.25) is 0 Å². The normalized spacial score (nSPS) is 16.2. The third kappa shape index (κ3) is 3.42. The van der Waals surface area contributed by atoms with Crippen molar-refractivity contribution in [2.45, 2.75) is 25.7 Å². The lowest BCUT2D eigenvalue weighted by atomic mass is 9.93. The van der Waals surface area contributed by atoms with E-state index in [1.807, 2.05) is 29.8 Å². The third-order valence-corrected chi connectivity index (χ3v) is 4.25. The van der Waals surface area contributed by atoms with Crippen molar-refractivity contribution in [2.75, 3.05) is 18.4 Å². The first kappa shape index (κ1) is 14.1. The minimum Gasteiger partial charge on any atom is -0.334 e. The van der Waals surface area contributed by atoms with Gasteiger partial charge in [0.05, 0.1) is 17.4 Å². The number of carbonyl (C=O) groups excluding carboxylic acids is 1. The summed E-state index contributed by atoms with van der Waals surface area (Å²) in [6.45, 7) is 2.17. The Balaban J connectivity index is 1.55. The maximum absolute atomic E-state index is 12.0. The van der Waals surface area contributed by atoms with Gasteiger partial charge in [-0.05, 0) is 56.5 Å². The van der Waals surface area contributed by atoms with Crippen molar-refractivity contribution in [3.63, 3.8) is 0 Å². The predicted octanol–water partition coefficient (Wildman–Crippen LogP) is 2.29. The van der Waals surface area contributed by atoms with Crippen molar-refractivity contribution in [1.29, 1.82) is 0 Å². The number of benzene rings is 1. The zero-order valence-corrected chi connectivity index (χ0v) is 12.4. The Labute approximate surface area is 124 Å². The summed E-state index contributed by atoms with van der Waals surface area (Å²) in [6, 6.07) is 5.86. The van der Waals surface area contributed by atoms with E-state index in [-0.39, 0.29) is 5.91 Å². The Morgan fingerprint density at radius 3 is 3.05 bits per heavy atom. The van der Waals surface area contributed by atoms with E-state index in [9.17, 15) is 4.79 Å². The van der Waals surface area contributed by atoms with Gasteiger partial charge in [-0.2, -0.15) is 0 Å². The van der Waals surface area contributed by atoms with E-state index in [0.29, 0.717) is 12.3 Å². The quantitative estimate of drug-likeness (QED) is 0.906. The van der Waals surface area contributed by atoms with Crippen LogP contribution in [0.1, 0.15) is 25.7 Å². The first-order chi connectivity index (χ1) is 10.2. The van der Waals surface area contributed by atoms with Crippen LogP contribution in [-0.4, -0.2) is 28.5 Å². The van der Waals surface area contributed by atoms with Crippen LogP contribution in [0.25, 0.3) is 11.0 Å². The van der Waals surface area contributed by atoms with Gasteiger partial charge in [0.25, 0.3) is 0 Å². The van der Waals surface area contributed by atoms with Gasteiger partial charge < -0.3 is 15.2 Å². The fourth-order valence-corrected chi connectivity index (χ4v) is 2.94. The van der Waals surface area contributed by atoms with Gasteiger partial charge in [-0.3, -0.25) is 4.79 Å². The Bertz CT molecular complexity index is 628. The third-order valence-electron chi connectivity index (χ3n) is 4.25. The molecule has 5 heteroatoms. The highest BCUT2D eigenvalue weighted by atomic mass is 16.1. The fraction of sp³-hybridized carbons (Fsp3) is 0.500. The number of anilines is 1. The van der Waals surface area contributed by atoms with Gasteiger partial charge in [-0.25, -0.2) is 4.98 Å². The molecule has 112 valence electrons. The van der Waals surface area contributed by atoms with Crippen LogP contribution in [0.5, 0.6) is 0 Å². The molecule has 1 aromatic carbocycles. The average molecular weight is 286 g/mol. The molecule has 3 rings (SSSR count). The van der Waals surface area contributed by atoms with Gasteiger partial charge in [-0.1, -0.05) is 0 Å². The lowest BCUT2D eigenvalue weighted by molar-refractivity contribution is -0.116. The van der Waals surface area contributed by atoms with Crippen LogP contribution in [-0.2, 0) is 11.8 Å². The van der Waals surface area contributed by atoms with Crippen LogP contribution in [0.4, 0.5) is 5.69 Å². The summed E-state index contributed by atoms with van der Waals surface area (Å²) in [4.78, 5) is 16.4. The smallest absolute Gasteiger partial charge is 0.224 e. The van der Waals surface area contributed by atoms with Crippen LogP contribution < -0.4 is 10.6 Å². The van der Waals surface area contributed by atoms with Gasteiger partial charge >= 0.3 is 0 Å². The molecule has 0 saturated carbocycles. The summed E-state index contributed by atoms with van der Waals surface area (Å²) in [5, 5.41) is 6.33. The maximum atomic E-state index is 12.0. The average Bonchev–Trinajstić information content (AvgIpc) is 2.87. The van der Waals surface area contributed by atoms with Crippen molar-refractivity contribution in [1.82, 2.24) is 14.9 Å². The number of imidazole rings is 1. The molecule has 1 amide bonds. The first-order valence-electron chi connectivity index (χ1n) is 7.64. The van der Waals surface area contributed by atoms with E-state index in [0.717, 1.165) is 36.2 Å². The van der Waals surface area contributed by atoms with Crippen molar-refractivity contribution < 1.29 is 4.79 Å². The number of fused-ring (bicyclic) bond motifs is 1. The highest BCUT2D eigenvalue weighted by molar-refractivity contribution is 5.93. The molecule has 0 aliphatic carbocycles. The van der Waals surface area contributed by atoms with E-state index in [1.54, 1.807) is 6.33 Å². The summed E-state index contributed by atoms with van der Waals surface area (Å²) >= 11 is 0. The molecule has 0 spiro atoms. The van der Waals surface area contributed by atoms with Crippen LogP contribution in [0, 0.1) is 5.92 Å². The van der Waals surface area contributed by atoms with Crippen LogP contribution >= 0.6 is 0 Å². The van der Waals surface area contributed by atoms with E-state index < -0.39 is 0 Å². The SMILES string of the molecule is Cn1cnc2cc(NC(=O)CCC3CCNCC3)ccc21. The number of rotatable bonds is 4. The maximum Gasteiger partial charge on any atom is 0.224 e. The van der Waals surface area contributed by atoms with E-state index in [2.05, 4.69) is 15.6 Å². The summed E-state index contributed by atoms with van der Waals surface area (Å²) in [5.41, 5.74) is 2.81. The Kier molecular flexibility index (Phi) is 4.20. The predicted molar refractivity (Wildman–Crippen MR) is 84.2 cm³/mol. The second-order valence-electron chi connectivity index (χ2n) is 5.84. The minimum absolute atomic E-state index is 0.101. The van der Waals surface area contributed by atoms with Gasteiger partial charge in [-0.15, -0.1) is 0 Å². The number of aryl methyl sites for hydroxylation is 1. The molecule has 0 radical (unpaired) electrons. The summed E-state index contributed by atoms with van der Waals surface area (Å²) in [5.74, 6) is 0.791. The van der Waals surface area contributed by atoms with E-state index >= 15 is 0 Å². The topological polar surface area (TPSA) is 59.0 Å². The van der Waals surface area contributed by atoms with E-state index in [4.69, 9.17) is 0 Å². The second-order valence-corrected chi connectivity index (χ2v) is 5.84. The van der Waals surface area contributed by atoms with Gasteiger partial charge in [0.2, 0.25) is 5.91 Å². The Morgan fingerprint density at radius 1 is 1.43 bits per heavy atom. The molecule has 1 fully saturated rings.